The third kappa shape index (κ3) is 2.22. The zero-order chi connectivity index (χ0) is 8.48. The highest BCUT2D eigenvalue weighted by Gasteiger charge is 2.31. The average Bonchev–Trinajstić information content (AvgIpc) is 1.83. The van der Waals surface area contributed by atoms with Gasteiger partial charge in [0, 0.05) is 5.92 Å². The van der Waals surface area contributed by atoms with Crippen molar-refractivity contribution in [3.05, 3.63) is 0 Å². The largest absolute Gasteiger partial charge is 0.198 e. The quantitative estimate of drug-likeness (QED) is 0.522. The zero-order valence-electron chi connectivity index (χ0n) is 7.72. The molecule has 1 aliphatic rings. The topological polar surface area (TPSA) is 23.8 Å². The van der Waals surface area contributed by atoms with Gasteiger partial charge in [-0.1, -0.05) is 20.8 Å². The van der Waals surface area contributed by atoms with Gasteiger partial charge in [0.15, 0.2) is 0 Å². The van der Waals surface area contributed by atoms with Crippen LogP contribution in [-0.2, 0) is 0 Å². The lowest BCUT2D eigenvalue weighted by molar-refractivity contribution is 0.159. The Balaban J connectivity index is 2.60. The predicted octanol–water partition coefficient (Wildman–Crippen LogP) is 2.97. The van der Waals surface area contributed by atoms with Crippen LogP contribution < -0.4 is 0 Å². The van der Waals surface area contributed by atoms with Gasteiger partial charge in [0.25, 0.3) is 0 Å². The highest BCUT2D eigenvalue weighted by atomic mass is 14.4. The van der Waals surface area contributed by atoms with E-state index < -0.39 is 0 Å². The third-order valence-electron chi connectivity index (χ3n) is 2.57. The number of hydrogen-bond acceptors (Lipinski definition) is 1. The van der Waals surface area contributed by atoms with Crippen molar-refractivity contribution in [3.8, 4) is 6.07 Å². The molecule has 0 aromatic carbocycles. The van der Waals surface area contributed by atoms with Crippen molar-refractivity contribution in [2.24, 2.45) is 17.3 Å². The van der Waals surface area contributed by atoms with Crippen molar-refractivity contribution in [1.29, 1.82) is 5.26 Å². The van der Waals surface area contributed by atoms with Gasteiger partial charge >= 0.3 is 0 Å². The molecule has 0 aliphatic heterocycles. The van der Waals surface area contributed by atoms with Crippen molar-refractivity contribution in [3.63, 3.8) is 0 Å². The van der Waals surface area contributed by atoms with Gasteiger partial charge in [-0.2, -0.15) is 5.26 Å². The predicted molar refractivity (Wildman–Crippen MR) is 45.9 cm³/mol. The van der Waals surface area contributed by atoms with Gasteiger partial charge in [-0.25, -0.2) is 0 Å². The van der Waals surface area contributed by atoms with Gasteiger partial charge in [-0.05, 0) is 30.6 Å². The molecule has 1 fully saturated rings. The maximum absolute atomic E-state index is 8.79. The number of rotatable bonds is 0. The van der Waals surface area contributed by atoms with Crippen molar-refractivity contribution in [1.82, 2.24) is 0 Å². The molecule has 1 saturated carbocycles. The summed E-state index contributed by atoms with van der Waals surface area (Å²) < 4.78 is 0. The summed E-state index contributed by atoms with van der Waals surface area (Å²) in [4.78, 5) is 0. The van der Waals surface area contributed by atoms with E-state index >= 15 is 0 Å². The van der Waals surface area contributed by atoms with Gasteiger partial charge in [0.2, 0.25) is 0 Å². The summed E-state index contributed by atoms with van der Waals surface area (Å²) in [5.74, 6) is 1.05. The smallest absolute Gasteiger partial charge is 0.0656 e. The molecule has 0 aromatic rings. The van der Waals surface area contributed by atoms with Gasteiger partial charge in [-0.3, -0.25) is 0 Å². The Morgan fingerprint density at radius 1 is 1.36 bits per heavy atom. The molecule has 0 bridgehead atoms. The lowest BCUT2D eigenvalue weighted by atomic mass is 9.68. The molecule has 1 rings (SSSR count). The van der Waals surface area contributed by atoms with Gasteiger partial charge < -0.3 is 0 Å². The number of hydrogen-bond donors (Lipinski definition) is 0. The van der Waals surface area contributed by atoms with Crippen LogP contribution in [-0.4, -0.2) is 0 Å². The summed E-state index contributed by atoms with van der Waals surface area (Å²) in [6, 6.07) is 2.39. The third-order valence-corrected chi connectivity index (χ3v) is 2.57. The Morgan fingerprint density at radius 2 is 2.00 bits per heavy atom. The van der Waals surface area contributed by atoms with Gasteiger partial charge in [0.05, 0.1) is 6.07 Å². The van der Waals surface area contributed by atoms with E-state index in [0.29, 0.717) is 11.3 Å². The fourth-order valence-corrected chi connectivity index (χ4v) is 2.44. The minimum Gasteiger partial charge on any atom is -0.198 e. The van der Waals surface area contributed by atoms with Crippen LogP contribution >= 0.6 is 0 Å². The standard InChI is InChI=1S/C10H17N/c1-8-4-9(7-11)6-10(2,3)5-8/h8-9H,4-6H2,1-3H3/t8-,9+/m0/s1. The lowest BCUT2D eigenvalue weighted by Gasteiger charge is -2.36. The van der Waals surface area contributed by atoms with Crippen LogP contribution in [0.1, 0.15) is 40.0 Å². The fraction of sp³-hybridized carbons (Fsp3) is 0.900. The van der Waals surface area contributed by atoms with E-state index in [-0.39, 0.29) is 0 Å². The molecule has 1 aliphatic carbocycles. The fourth-order valence-electron chi connectivity index (χ4n) is 2.44. The molecule has 2 atom stereocenters. The van der Waals surface area contributed by atoms with Crippen molar-refractivity contribution in [2.45, 2.75) is 40.0 Å². The summed E-state index contributed by atoms with van der Waals surface area (Å²) >= 11 is 0. The summed E-state index contributed by atoms with van der Waals surface area (Å²) in [5.41, 5.74) is 0.401. The van der Waals surface area contributed by atoms with Crippen LogP contribution in [0.15, 0.2) is 0 Å². The molecule has 1 heteroatoms. The minimum atomic E-state index is 0.314. The first-order valence-corrected chi connectivity index (χ1v) is 4.43. The normalized spacial score (nSPS) is 36.2. The molecule has 11 heavy (non-hydrogen) atoms. The molecule has 0 radical (unpaired) electrons. The average molecular weight is 151 g/mol. The second kappa shape index (κ2) is 2.85. The summed E-state index contributed by atoms with van der Waals surface area (Å²) in [6.45, 7) is 6.80. The Labute approximate surface area is 69.4 Å². The first-order chi connectivity index (χ1) is 5.03. The summed E-state index contributed by atoms with van der Waals surface area (Å²) in [7, 11) is 0. The highest BCUT2D eigenvalue weighted by Crippen LogP contribution is 2.41. The van der Waals surface area contributed by atoms with E-state index in [0.717, 1.165) is 18.8 Å². The molecular formula is C10H17N. The number of nitrogens with zero attached hydrogens (tertiary/aromatic N) is 1. The van der Waals surface area contributed by atoms with Crippen LogP contribution in [0.3, 0.4) is 0 Å². The zero-order valence-corrected chi connectivity index (χ0v) is 7.72. The maximum Gasteiger partial charge on any atom is 0.0656 e. The van der Waals surface area contributed by atoms with Crippen LogP contribution in [0.4, 0.5) is 0 Å². The van der Waals surface area contributed by atoms with E-state index in [1.165, 1.54) is 6.42 Å². The summed E-state index contributed by atoms with van der Waals surface area (Å²) in [6.07, 6.45) is 3.49. The molecule has 1 nitrogen and oxygen atoms in total. The Morgan fingerprint density at radius 3 is 2.45 bits per heavy atom. The van der Waals surface area contributed by atoms with Gasteiger partial charge in [0.1, 0.15) is 0 Å². The van der Waals surface area contributed by atoms with E-state index in [1.54, 1.807) is 0 Å². The molecule has 62 valence electrons. The van der Waals surface area contributed by atoms with Gasteiger partial charge in [-0.15, -0.1) is 0 Å². The first-order valence-electron chi connectivity index (χ1n) is 4.43. The molecule has 0 heterocycles. The molecule has 0 N–H and O–H groups in total. The van der Waals surface area contributed by atoms with E-state index in [9.17, 15) is 0 Å². The molecule has 0 saturated heterocycles. The molecule has 0 amide bonds. The molecule has 0 spiro atoms. The Bertz CT molecular complexity index is 176. The first kappa shape index (κ1) is 8.59. The van der Waals surface area contributed by atoms with Crippen molar-refractivity contribution in [2.75, 3.05) is 0 Å². The molecule has 0 unspecified atom stereocenters. The Hall–Kier alpha value is -0.510. The number of nitriles is 1. The second-order valence-electron chi connectivity index (χ2n) is 4.74. The van der Waals surface area contributed by atoms with E-state index in [1.807, 2.05) is 0 Å². The monoisotopic (exact) mass is 151 g/mol. The second-order valence-corrected chi connectivity index (χ2v) is 4.74. The van der Waals surface area contributed by atoms with E-state index in [2.05, 4.69) is 26.8 Å². The van der Waals surface area contributed by atoms with Crippen LogP contribution in [0.2, 0.25) is 0 Å². The van der Waals surface area contributed by atoms with Crippen LogP contribution in [0.5, 0.6) is 0 Å². The summed E-state index contributed by atoms with van der Waals surface area (Å²) in [5, 5.41) is 8.79. The lowest BCUT2D eigenvalue weighted by Crippen LogP contribution is -2.26. The van der Waals surface area contributed by atoms with Crippen molar-refractivity contribution >= 4 is 0 Å². The Kier molecular flexibility index (Phi) is 2.23. The molecular weight excluding hydrogens is 134 g/mol. The molecule has 0 aromatic heterocycles. The minimum absolute atomic E-state index is 0.314. The van der Waals surface area contributed by atoms with Crippen LogP contribution in [0.25, 0.3) is 0 Å². The maximum atomic E-state index is 8.79. The van der Waals surface area contributed by atoms with E-state index in [4.69, 9.17) is 5.26 Å². The van der Waals surface area contributed by atoms with Crippen molar-refractivity contribution < 1.29 is 0 Å². The SMILES string of the molecule is C[C@H]1C[C@@H](C#N)CC(C)(C)C1. The van der Waals surface area contributed by atoms with Crippen LogP contribution in [0, 0.1) is 28.6 Å². The highest BCUT2D eigenvalue weighted by molar-refractivity contribution is 4.92.